The molecule has 1 N–H and O–H groups in total. The van der Waals surface area contributed by atoms with E-state index in [1.54, 1.807) is 31.2 Å². The number of H-pyrrole nitrogens is 1. The minimum atomic E-state index is -0.597. The first-order valence-corrected chi connectivity index (χ1v) is 6.51. The number of hydrogen-bond acceptors (Lipinski definition) is 3. The highest BCUT2D eigenvalue weighted by Gasteiger charge is 2.19. The van der Waals surface area contributed by atoms with Crippen LogP contribution in [0.2, 0.25) is 5.02 Å². The second kappa shape index (κ2) is 4.89. The molecule has 5 nitrogen and oxygen atoms in total. The first-order valence-electron chi connectivity index (χ1n) is 6.13. The first kappa shape index (κ1) is 13.6. The minimum Gasteiger partial charge on any atom is -0.490 e. The normalized spacial score (nSPS) is 11.0. The number of ether oxygens (including phenoxy) is 1. The number of rotatable bonds is 2. The summed E-state index contributed by atoms with van der Waals surface area (Å²) < 4.78 is 20.5. The summed E-state index contributed by atoms with van der Waals surface area (Å²) in [5, 5.41) is 3.26. The van der Waals surface area contributed by atoms with Crippen LogP contribution in [0.5, 0.6) is 5.75 Å². The van der Waals surface area contributed by atoms with Gasteiger partial charge in [-0.25, -0.2) is 9.37 Å². The molecule has 108 valence electrons. The zero-order valence-electron chi connectivity index (χ0n) is 11.3. The molecule has 2 aromatic heterocycles. The molecule has 0 fully saturated rings. The molecular formula is C14H11ClFN3O2. The fourth-order valence-electron chi connectivity index (χ4n) is 2.18. The van der Waals surface area contributed by atoms with E-state index in [0.717, 1.165) is 4.52 Å². The summed E-state index contributed by atoms with van der Waals surface area (Å²) in [6.07, 6.45) is 0. The van der Waals surface area contributed by atoms with Gasteiger partial charge in [0.25, 0.3) is 0 Å². The number of fused-ring (bicyclic) bond motifs is 1. The quantitative estimate of drug-likeness (QED) is 0.792. The Kier molecular flexibility index (Phi) is 3.17. The zero-order chi connectivity index (χ0) is 15.1. The Hall–Kier alpha value is -2.34. The number of aromatic amines is 1. The summed E-state index contributed by atoms with van der Waals surface area (Å²) in [4.78, 5) is 16.3. The van der Waals surface area contributed by atoms with Crippen LogP contribution in [0.25, 0.3) is 16.9 Å². The highest BCUT2D eigenvalue weighted by Crippen LogP contribution is 2.25. The topological polar surface area (TPSA) is 59.4 Å². The molecule has 3 aromatic rings. The van der Waals surface area contributed by atoms with Crippen LogP contribution in [-0.2, 0) is 0 Å². The fourth-order valence-corrected chi connectivity index (χ4v) is 2.30. The van der Waals surface area contributed by atoms with Gasteiger partial charge >= 0.3 is 5.56 Å². The van der Waals surface area contributed by atoms with E-state index in [-0.39, 0.29) is 17.1 Å². The molecule has 0 atom stereocenters. The van der Waals surface area contributed by atoms with Crippen molar-refractivity contribution in [3.8, 4) is 17.0 Å². The van der Waals surface area contributed by atoms with E-state index in [2.05, 4.69) is 10.1 Å². The zero-order valence-corrected chi connectivity index (χ0v) is 12.0. The first-order chi connectivity index (χ1) is 10.0. The molecule has 0 aliphatic rings. The van der Waals surface area contributed by atoms with Crippen molar-refractivity contribution in [1.82, 2.24) is 14.6 Å². The van der Waals surface area contributed by atoms with Gasteiger partial charge in [0.05, 0.1) is 12.8 Å². The Morgan fingerprint density at radius 3 is 2.62 bits per heavy atom. The molecule has 7 heteroatoms. The van der Waals surface area contributed by atoms with Crippen molar-refractivity contribution in [3.05, 3.63) is 51.2 Å². The van der Waals surface area contributed by atoms with E-state index >= 15 is 0 Å². The van der Waals surface area contributed by atoms with Gasteiger partial charge in [-0.1, -0.05) is 23.7 Å². The van der Waals surface area contributed by atoms with Gasteiger partial charge in [-0.3, -0.25) is 9.89 Å². The number of aromatic nitrogens is 3. The lowest BCUT2D eigenvalue weighted by Gasteiger charge is -2.02. The van der Waals surface area contributed by atoms with Gasteiger partial charge in [-0.2, -0.15) is 4.52 Å². The van der Waals surface area contributed by atoms with E-state index in [9.17, 15) is 9.18 Å². The van der Waals surface area contributed by atoms with Crippen LogP contribution in [0.15, 0.2) is 29.1 Å². The average molecular weight is 308 g/mol. The summed E-state index contributed by atoms with van der Waals surface area (Å²) in [6, 6.07) is 6.60. The number of nitrogens with zero attached hydrogens (tertiary/aromatic N) is 2. The third kappa shape index (κ3) is 2.08. The predicted octanol–water partition coefficient (Wildman–Crippen LogP) is 2.80. The molecule has 0 aliphatic carbocycles. The van der Waals surface area contributed by atoms with Crippen molar-refractivity contribution in [2.75, 3.05) is 7.11 Å². The van der Waals surface area contributed by atoms with Crippen LogP contribution in [0.3, 0.4) is 0 Å². The number of nitrogens with one attached hydrogen (secondary N) is 1. The maximum Gasteiger partial charge on any atom is 0.315 e. The van der Waals surface area contributed by atoms with Gasteiger partial charge < -0.3 is 4.74 Å². The van der Waals surface area contributed by atoms with Crippen LogP contribution in [0, 0.1) is 12.7 Å². The second-order valence-electron chi connectivity index (χ2n) is 4.50. The van der Waals surface area contributed by atoms with E-state index in [0.29, 0.717) is 16.3 Å². The van der Waals surface area contributed by atoms with Crippen molar-refractivity contribution in [3.63, 3.8) is 0 Å². The number of benzene rings is 1. The van der Waals surface area contributed by atoms with Crippen LogP contribution >= 0.6 is 11.6 Å². The molecule has 0 spiro atoms. The number of hydrogen-bond donors (Lipinski definition) is 1. The van der Waals surface area contributed by atoms with Crippen molar-refractivity contribution in [2.24, 2.45) is 0 Å². The van der Waals surface area contributed by atoms with Crippen LogP contribution in [0.1, 0.15) is 5.69 Å². The van der Waals surface area contributed by atoms with Gasteiger partial charge in [-0.05, 0) is 19.1 Å². The second-order valence-corrected chi connectivity index (χ2v) is 4.94. The molecule has 0 amide bonds. The Labute approximate surface area is 123 Å². The summed E-state index contributed by atoms with van der Waals surface area (Å²) >= 11 is 5.82. The largest absolute Gasteiger partial charge is 0.490 e. The van der Waals surface area contributed by atoms with Crippen molar-refractivity contribution in [2.45, 2.75) is 6.92 Å². The Morgan fingerprint density at radius 1 is 1.33 bits per heavy atom. The van der Waals surface area contributed by atoms with E-state index in [1.165, 1.54) is 7.11 Å². The van der Waals surface area contributed by atoms with Gasteiger partial charge in [0.2, 0.25) is 5.75 Å². The summed E-state index contributed by atoms with van der Waals surface area (Å²) in [5.41, 5.74) is 0.521. The monoisotopic (exact) mass is 307 g/mol. The van der Waals surface area contributed by atoms with E-state index < -0.39 is 11.4 Å². The third-order valence-corrected chi connectivity index (χ3v) is 3.44. The molecule has 0 unspecified atom stereocenters. The van der Waals surface area contributed by atoms with Crippen LogP contribution in [0.4, 0.5) is 4.39 Å². The lowest BCUT2D eigenvalue weighted by molar-refractivity contribution is 0.400. The molecule has 0 saturated carbocycles. The van der Waals surface area contributed by atoms with E-state index in [4.69, 9.17) is 16.3 Å². The molecule has 21 heavy (non-hydrogen) atoms. The fraction of sp³-hybridized carbons (Fsp3) is 0.143. The van der Waals surface area contributed by atoms with E-state index in [1.807, 2.05) is 0 Å². The molecular weight excluding hydrogens is 297 g/mol. The Morgan fingerprint density at radius 2 is 2.00 bits per heavy atom. The molecule has 1 aromatic carbocycles. The molecule has 0 aliphatic heterocycles. The minimum absolute atomic E-state index is 0.0664. The highest BCUT2D eigenvalue weighted by atomic mass is 35.5. The smallest absolute Gasteiger partial charge is 0.315 e. The molecule has 3 rings (SSSR count). The maximum absolute atomic E-state index is 14.5. The predicted molar refractivity (Wildman–Crippen MR) is 77.5 cm³/mol. The van der Waals surface area contributed by atoms with Crippen molar-refractivity contribution >= 4 is 17.2 Å². The Bertz CT molecular complexity index is 884. The number of halogens is 2. The molecule has 0 radical (unpaired) electrons. The molecule has 2 heterocycles. The maximum atomic E-state index is 14.5. The van der Waals surface area contributed by atoms with Crippen LogP contribution < -0.4 is 10.3 Å². The average Bonchev–Trinajstić information content (AvgIpc) is 2.78. The summed E-state index contributed by atoms with van der Waals surface area (Å²) in [5.74, 6) is -0.517. The van der Waals surface area contributed by atoms with Crippen molar-refractivity contribution < 1.29 is 9.13 Å². The third-order valence-electron chi connectivity index (χ3n) is 3.19. The van der Waals surface area contributed by atoms with Crippen molar-refractivity contribution in [1.29, 1.82) is 0 Å². The lowest BCUT2D eigenvalue weighted by Crippen LogP contribution is -2.18. The highest BCUT2D eigenvalue weighted by molar-refractivity contribution is 6.30. The van der Waals surface area contributed by atoms with Crippen LogP contribution in [-0.4, -0.2) is 21.7 Å². The van der Waals surface area contributed by atoms with Gasteiger partial charge in [0, 0.05) is 10.6 Å². The van der Waals surface area contributed by atoms with Gasteiger partial charge in [-0.15, -0.1) is 0 Å². The number of aryl methyl sites for hydroxylation is 1. The standard InChI is InChI=1S/C14H11ClFN3O2/c1-7-12(21-2)14(20)19-13(17-7)10(16)11(18-19)8-3-5-9(15)6-4-8/h3-6,18H,1-2H3. The SMILES string of the molecule is COc1c(C)nc2c(F)c(-c3ccc(Cl)cc3)[nH]n2c1=O. The van der Waals surface area contributed by atoms with Gasteiger partial charge in [0.15, 0.2) is 11.5 Å². The molecule has 0 saturated heterocycles. The molecule has 0 bridgehead atoms. The summed E-state index contributed by atoms with van der Waals surface area (Å²) in [7, 11) is 1.37. The summed E-state index contributed by atoms with van der Waals surface area (Å²) in [6.45, 7) is 1.59. The van der Waals surface area contributed by atoms with Gasteiger partial charge in [0.1, 0.15) is 5.69 Å². The lowest BCUT2D eigenvalue weighted by atomic mass is 10.1. The Balaban J connectivity index is 2.32. The number of methoxy groups -OCH3 is 1.